The van der Waals surface area contributed by atoms with Crippen molar-refractivity contribution in [2.24, 2.45) is 0 Å². The van der Waals surface area contributed by atoms with Crippen molar-refractivity contribution >= 4 is 27.6 Å². The summed E-state index contributed by atoms with van der Waals surface area (Å²) in [7, 11) is 1.56. The molecule has 0 heterocycles. The molecule has 1 aromatic rings. The average Bonchev–Trinajstić information content (AvgIpc) is 2.42. The first kappa shape index (κ1) is 16.5. The fourth-order valence-corrected chi connectivity index (χ4v) is 1.90. The van der Waals surface area contributed by atoms with E-state index in [0.717, 1.165) is 0 Å². The third kappa shape index (κ3) is 4.87. The van der Waals surface area contributed by atoms with Crippen LogP contribution in [0.4, 0.5) is 5.69 Å². The first-order valence-corrected chi connectivity index (χ1v) is 6.54. The Labute approximate surface area is 124 Å². The van der Waals surface area contributed by atoms with E-state index in [1.165, 1.54) is 18.2 Å². The van der Waals surface area contributed by atoms with Crippen molar-refractivity contribution in [3.05, 3.63) is 38.3 Å². The van der Waals surface area contributed by atoms with Crippen LogP contribution in [0.1, 0.15) is 10.4 Å². The highest BCUT2D eigenvalue weighted by Gasteiger charge is 2.20. The van der Waals surface area contributed by atoms with Crippen molar-refractivity contribution in [1.82, 2.24) is 0 Å². The van der Waals surface area contributed by atoms with Crippen LogP contribution in [0, 0.1) is 10.1 Å². The SMILES string of the molecule is COCCOCCOC(=O)c1cccc([N+](=O)[O-])c1Br. The van der Waals surface area contributed by atoms with Crippen molar-refractivity contribution in [2.45, 2.75) is 0 Å². The summed E-state index contributed by atoms with van der Waals surface area (Å²) in [5.74, 6) is -0.643. The van der Waals surface area contributed by atoms with Crippen LogP contribution in [0.25, 0.3) is 0 Å². The van der Waals surface area contributed by atoms with E-state index >= 15 is 0 Å². The minimum atomic E-state index is -0.643. The van der Waals surface area contributed by atoms with Crippen LogP contribution in [0.2, 0.25) is 0 Å². The molecule has 8 heteroatoms. The minimum absolute atomic E-state index is 0.0671. The van der Waals surface area contributed by atoms with Gasteiger partial charge in [-0.1, -0.05) is 6.07 Å². The Morgan fingerprint density at radius 3 is 2.65 bits per heavy atom. The molecular weight excluding hydrogens is 334 g/mol. The molecule has 0 N–H and O–H groups in total. The number of carbonyl (C=O) groups excluding carboxylic acids is 1. The number of nitro groups is 1. The van der Waals surface area contributed by atoms with E-state index in [-0.39, 0.29) is 28.9 Å². The van der Waals surface area contributed by atoms with E-state index in [4.69, 9.17) is 14.2 Å². The summed E-state index contributed by atoms with van der Waals surface area (Å²) in [6.07, 6.45) is 0. The predicted molar refractivity (Wildman–Crippen MR) is 73.8 cm³/mol. The zero-order chi connectivity index (χ0) is 15.0. The second-order valence-corrected chi connectivity index (χ2v) is 4.43. The van der Waals surface area contributed by atoms with Gasteiger partial charge in [-0.2, -0.15) is 0 Å². The Hall–Kier alpha value is -1.51. The number of rotatable bonds is 8. The van der Waals surface area contributed by atoms with Gasteiger partial charge in [-0.25, -0.2) is 4.79 Å². The lowest BCUT2D eigenvalue weighted by molar-refractivity contribution is -0.385. The van der Waals surface area contributed by atoms with Gasteiger partial charge in [0.25, 0.3) is 5.69 Å². The normalized spacial score (nSPS) is 10.3. The van der Waals surface area contributed by atoms with E-state index in [1.807, 2.05) is 0 Å². The number of ether oxygens (including phenoxy) is 3. The van der Waals surface area contributed by atoms with Crippen molar-refractivity contribution in [3.63, 3.8) is 0 Å². The fourth-order valence-electron chi connectivity index (χ4n) is 1.33. The molecule has 0 aliphatic rings. The molecule has 110 valence electrons. The summed E-state index contributed by atoms with van der Waals surface area (Å²) in [6.45, 7) is 1.18. The summed E-state index contributed by atoms with van der Waals surface area (Å²) in [4.78, 5) is 21.9. The van der Waals surface area contributed by atoms with Gasteiger partial charge in [-0.05, 0) is 22.0 Å². The summed E-state index contributed by atoms with van der Waals surface area (Å²) in [5, 5.41) is 10.7. The molecule has 0 radical (unpaired) electrons. The minimum Gasteiger partial charge on any atom is -0.460 e. The molecular formula is C12H14BrNO6. The maximum absolute atomic E-state index is 11.8. The third-order valence-corrected chi connectivity index (χ3v) is 3.12. The second kappa shape index (κ2) is 8.62. The van der Waals surface area contributed by atoms with Crippen LogP contribution < -0.4 is 0 Å². The highest BCUT2D eigenvalue weighted by molar-refractivity contribution is 9.10. The van der Waals surface area contributed by atoms with E-state index in [9.17, 15) is 14.9 Å². The molecule has 7 nitrogen and oxygen atoms in total. The van der Waals surface area contributed by atoms with Crippen LogP contribution in [-0.4, -0.2) is 44.4 Å². The Kier molecular flexibility index (Phi) is 7.13. The third-order valence-electron chi connectivity index (χ3n) is 2.29. The van der Waals surface area contributed by atoms with Crippen LogP contribution >= 0.6 is 15.9 Å². The number of hydrogen-bond donors (Lipinski definition) is 0. The number of nitro benzene ring substituents is 1. The maximum Gasteiger partial charge on any atom is 0.339 e. The molecule has 0 spiro atoms. The first-order chi connectivity index (χ1) is 9.57. The molecule has 0 atom stereocenters. The first-order valence-electron chi connectivity index (χ1n) is 5.74. The van der Waals surface area contributed by atoms with Gasteiger partial charge in [0.2, 0.25) is 0 Å². The van der Waals surface area contributed by atoms with Gasteiger partial charge in [0.1, 0.15) is 11.1 Å². The molecule has 0 saturated heterocycles. The average molecular weight is 348 g/mol. The summed E-state index contributed by atoms with van der Waals surface area (Å²) < 4.78 is 15.0. The summed E-state index contributed by atoms with van der Waals surface area (Å²) in [5.41, 5.74) is -0.0770. The van der Waals surface area contributed by atoms with E-state index in [1.54, 1.807) is 7.11 Å². The Balaban J connectivity index is 2.52. The highest BCUT2D eigenvalue weighted by atomic mass is 79.9. The summed E-state index contributed by atoms with van der Waals surface area (Å²) in [6, 6.07) is 4.18. The van der Waals surface area contributed by atoms with Gasteiger partial charge in [0.15, 0.2) is 0 Å². The van der Waals surface area contributed by atoms with Gasteiger partial charge < -0.3 is 14.2 Å². The van der Waals surface area contributed by atoms with Crippen LogP contribution in [0.5, 0.6) is 0 Å². The lowest BCUT2D eigenvalue weighted by Crippen LogP contribution is -2.13. The molecule has 0 aromatic heterocycles. The standard InChI is InChI=1S/C12H14BrNO6/c1-18-5-6-19-7-8-20-12(15)9-3-2-4-10(11(9)13)14(16)17/h2-4H,5-8H2,1H3. The van der Waals surface area contributed by atoms with E-state index < -0.39 is 10.9 Å². The van der Waals surface area contributed by atoms with Crippen LogP contribution in [0.3, 0.4) is 0 Å². The number of hydrogen-bond acceptors (Lipinski definition) is 6. The quantitative estimate of drug-likeness (QED) is 0.310. The Morgan fingerprint density at radius 2 is 2.00 bits per heavy atom. The molecule has 1 aromatic carbocycles. The number of halogens is 1. The van der Waals surface area contributed by atoms with E-state index in [2.05, 4.69) is 15.9 Å². The molecule has 0 amide bonds. The van der Waals surface area contributed by atoms with Gasteiger partial charge in [0, 0.05) is 13.2 Å². The molecule has 1 rings (SSSR count). The molecule has 0 bridgehead atoms. The van der Waals surface area contributed by atoms with E-state index in [0.29, 0.717) is 13.2 Å². The largest absolute Gasteiger partial charge is 0.460 e. The van der Waals surface area contributed by atoms with Gasteiger partial charge in [-0.15, -0.1) is 0 Å². The smallest absolute Gasteiger partial charge is 0.339 e. The highest BCUT2D eigenvalue weighted by Crippen LogP contribution is 2.28. The van der Waals surface area contributed by atoms with Crippen LogP contribution in [0.15, 0.2) is 22.7 Å². The molecule has 20 heavy (non-hydrogen) atoms. The number of carbonyl (C=O) groups is 1. The second-order valence-electron chi connectivity index (χ2n) is 3.64. The lowest BCUT2D eigenvalue weighted by Gasteiger charge is -2.07. The zero-order valence-corrected chi connectivity index (χ0v) is 12.4. The van der Waals surface area contributed by atoms with Crippen molar-refractivity contribution in [1.29, 1.82) is 0 Å². The number of esters is 1. The van der Waals surface area contributed by atoms with Crippen LogP contribution in [-0.2, 0) is 14.2 Å². The predicted octanol–water partition coefficient (Wildman–Crippen LogP) is 2.18. The molecule has 0 unspecified atom stereocenters. The number of methoxy groups -OCH3 is 1. The van der Waals surface area contributed by atoms with Gasteiger partial charge in [-0.3, -0.25) is 10.1 Å². The van der Waals surface area contributed by atoms with Crippen molar-refractivity contribution in [2.75, 3.05) is 33.5 Å². The molecule has 0 saturated carbocycles. The van der Waals surface area contributed by atoms with Crippen molar-refractivity contribution < 1.29 is 23.9 Å². The monoisotopic (exact) mass is 347 g/mol. The van der Waals surface area contributed by atoms with Gasteiger partial charge >= 0.3 is 5.97 Å². The molecule has 0 aliphatic heterocycles. The maximum atomic E-state index is 11.8. The molecule has 0 aliphatic carbocycles. The zero-order valence-electron chi connectivity index (χ0n) is 10.8. The topological polar surface area (TPSA) is 87.9 Å². The fraction of sp³-hybridized carbons (Fsp3) is 0.417. The summed E-state index contributed by atoms with van der Waals surface area (Å²) >= 11 is 3.04. The number of benzene rings is 1. The Bertz CT molecular complexity index is 479. The Morgan fingerprint density at radius 1 is 1.30 bits per heavy atom. The molecule has 0 fully saturated rings. The van der Waals surface area contributed by atoms with Crippen molar-refractivity contribution in [3.8, 4) is 0 Å². The lowest BCUT2D eigenvalue weighted by atomic mass is 10.2. The van der Waals surface area contributed by atoms with Gasteiger partial charge in [0.05, 0.1) is 30.3 Å². The number of nitrogens with zero attached hydrogens (tertiary/aromatic N) is 1.